The molecule has 0 aliphatic heterocycles. The van der Waals surface area contributed by atoms with E-state index in [1.807, 2.05) is 0 Å². The molecule has 1 amide bonds. The van der Waals surface area contributed by atoms with Crippen molar-refractivity contribution in [3.8, 4) is 0 Å². The van der Waals surface area contributed by atoms with Crippen LogP contribution in [0.2, 0.25) is 0 Å². The lowest BCUT2D eigenvalue weighted by atomic mass is 10.0. The van der Waals surface area contributed by atoms with Crippen LogP contribution in [0.4, 0.5) is 22.0 Å². The van der Waals surface area contributed by atoms with Crippen molar-refractivity contribution in [3.63, 3.8) is 0 Å². The Morgan fingerprint density at radius 2 is 1.81 bits per heavy atom. The molecule has 1 aromatic rings. The largest absolute Gasteiger partial charge is 0.479 e. The third-order valence-corrected chi connectivity index (χ3v) is 2.65. The van der Waals surface area contributed by atoms with Gasteiger partial charge in [-0.2, -0.15) is 13.2 Å². The van der Waals surface area contributed by atoms with E-state index in [-0.39, 0.29) is 4.90 Å². The van der Waals surface area contributed by atoms with Crippen molar-refractivity contribution in [2.75, 3.05) is 6.54 Å². The normalized spacial score (nSPS) is 12.9. The van der Waals surface area contributed by atoms with Crippen molar-refractivity contribution in [3.05, 3.63) is 35.4 Å². The minimum Gasteiger partial charge on any atom is -0.479 e. The molecule has 116 valence electrons. The van der Waals surface area contributed by atoms with Crippen LogP contribution in [-0.2, 0) is 9.59 Å². The van der Waals surface area contributed by atoms with E-state index in [0.29, 0.717) is 12.1 Å². The van der Waals surface area contributed by atoms with Crippen molar-refractivity contribution in [1.82, 2.24) is 4.90 Å². The van der Waals surface area contributed by atoms with E-state index in [2.05, 4.69) is 0 Å². The van der Waals surface area contributed by atoms with Gasteiger partial charge in [0.25, 0.3) is 0 Å². The van der Waals surface area contributed by atoms with E-state index in [4.69, 9.17) is 5.11 Å². The SMILES string of the molecule is CCN(C(=O)C(F)(F)F)C(C(=O)O)c1ccc(F)c(F)c1. The van der Waals surface area contributed by atoms with Gasteiger partial charge in [-0.3, -0.25) is 4.79 Å². The lowest BCUT2D eigenvalue weighted by Gasteiger charge is -2.28. The molecule has 1 aromatic carbocycles. The van der Waals surface area contributed by atoms with Gasteiger partial charge < -0.3 is 10.0 Å². The number of likely N-dealkylation sites (N-methyl/N-ethyl adjacent to an activating group) is 1. The zero-order valence-electron chi connectivity index (χ0n) is 10.6. The van der Waals surface area contributed by atoms with Crippen LogP contribution in [0.1, 0.15) is 18.5 Å². The van der Waals surface area contributed by atoms with Gasteiger partial charge in [-0.25, -0.2) is 13.6 Å². The summed E-state index contributed by atoms with van der Waals surface area (Å²) in [4.78, 5) is 22.4. The Bertz CT molecular complexity index is 558. The van der Waals surface area contributed by atoms with Crippen LogP contribution < -0.4 is 0 Å². The van der Waals surface area contributed by atoms with Gasteiger partial charge in [0.05, 0.1) is 0 Å². The van der Waals surface area contributed by atoms with Crippen molar-refractivity contribution in [2.24, 2.45) is 0 Å². The number of amides is 1. The number of aliphatic carboxylic acids is 1. The fourth-order valence-corrected chi connectivity index (χ4v) is 1.74. The number of carboxylic acids is 1. The number of hydrogen-bond donors (Lipinski definition) is 1. The van der Waals surface area contributed by atoms with Crippen LogP contribution in [0.15, 0.2) is 18.2 Å². The quantitative estimate of drug-likeness (QED) is 0.869. The molecule has 1 rings (SSSR count). The van der Waals surface area contributed by atoms with Gasteiger partial charge in [-0.05, 0) is 24.6 Å². The molecule has 0 aliphatic rings. The number of carboxylic acid groups (broad SMARTS) is 1. The first-order valence-electron chi connectivity index (χ1n) is 5.65. The molecule has 0 aromatic heterocycles. The highest BCUT2D eigenvalue weighted by molar-refractivity contribution is 5.87. The third-order valence-electron chi connectivity index (χ3n) is 2.65. The summed E-state index contributed by atoms with van der Waals surface area (Å²) >= 11 is 0. The maximum Gasteiger partial charge on any atom is 0.471 e. The van der Waals surface area contributed by atoms with Gasteiger partial charge in [0, 0.05) is 6.54 Å². The molecule has 4 nitrogen and oxygen atoms in total. The van der Waals surface area contributed by atoms with Crippen molar-refractivity contribution >= 4 is 11.9 Å². The highest BCUT2D eigenvalue weighted by atomic mass is 19.4. The van der Waals surface area contributed by atoms with Gasteiger partial charge >= 0.3 is 18.1 Å². The highest BCUT2D eigenvalue weighted by Gasteiger charge is 2.46. The summed E-state index contributed by atoms with van der Waals surface area (Å²) in [6.07, 6.45) is -5.28. The van der Waals surface area contributed by atoms with Gasteiger partial charge in [-0.15, -0.1) is 0 Å². The van der Waals surface area contributed by atoms with E-state index in [1.165, 1.54) is 0 Å². The molecule has 1 atom stereocenters. The zero-order chi connectivity index (χ0) is 16.4. The second kappa shape index (κ2) is 6.06. The van der Waals surface area contributed by atoms with Crippen molar-refractivity contribution in [1.29, 1.82) is 0 Å². The first-order chi connectivity index (χ1) is 9.59. The summed E-state index contributed by atoms with van der Waals surface area (Å²) in [5.74, 6) is -6.87. The molecule has 0 saturated carbocycles. The highest BCUT2D eigenvalue weighted by Crippen LogP contribution is 2.28. The van der Waals surface area contributed by atoms with Crippen LogP contribution in [-0.4, -0.2) is 34.6 Å². The maximum absolute atomic E-state index is 13.1. The Balaban J connectivity index is 3.30. The van der Waals surface area contributed by atoms with Crippen LogP contribution in [0.3, 0.4) is 0 Å². The van der Waals surface area contributed by atoms with Crippen LogP contribution in [0.25, 0.3) is 0 Å². The maximum atomic E-state index is 13.1. The van der Waals surface area contributed by atoms with Crippen LogP contribution in [0, 0.1) is 11.6 Å². The first-order valence-corrected chi connectivity index (χ1v) is 5.65. The van der Waals surface area contributed by atoms with Gasteiger partial charge in [0.2, 0.25) is 0 Å². The Morgan fingerprint density at radius 3 is 2.19 bits per heavy atom. The van der Waals surface area contributed by atoms with Gasteiger partial charge in [0.1, 0.15) is 0 Å². The standard InChI is InChI=1S/C12H10F5NO3/c1-2-18(11(21)12(15,16)17)9(10(19)20)6-3-4-7(13)8(14)5-6/h3-5,9H,2H2,1H3,(H,19,20). The molecular weight excluding hydrogens is 301 g/mol. The van der Waals surface area contributed by atoms with E-state index in [9.17, 15) is 31.5 Å². The lowest BCUT2D eigenvalue weighted by Crippen LogP contribution is -2.45. The second-order valence-corrected chi connectivity index (χ2v) is 4.00. The molecule has 1 N–H and O–H groups in total. The predicted molar refractivity (Wildman–Crippen MR) is 60.2 cm³/mol. The summed E-state index contributed by atoms with van der Waals surface area (Å²) in [5.41, 5.74) is -0.471. The van der Waals surface area contributed by atoms with E-state index in [0.717, 1.165) is 13.0 Å². The minimum atomic E-state index is -5.28. The molecule has 0 radical (unpaired) electrons. The molecule has 9 heteroatoms. The average molecular weight is 311 g/mol. The Kier molecular flexibility index (Phi) is 4.87. The summed E-state index contributed by atoms with van der Waals surface area (Å²) < 4.78 is 63.3. The van der Waals surface area contributed by atoms with Crippen molar-refractivity contribution < 1.29 is 36.6 Å². The smallest absolute Gasteiger partial charge is 0.471 e. The molecule has 21 heavy (non-hydrogen) atoms. The third kappa shape index (κ3) is 3.67. The number of alkyl halides is 3. The summed E-state index contributed by atoms with van der Waals surface area (Å²) in [5, 5.41) is 9.03. The van der Waals surface area contributed by atoms with Crippen molar-refractivity contribution in [2.45, 2.75) is 19.1 Å². The molecule has 0 spiro atoms. The molecule has 0 saturated heterocycles. The van der Waals surface area contributed by atoms with Gasteiger partial charge in [0.15, 0.2) is 17.7 Å². The zero-order valence-corrected chi connectivity index (χ0v) is 10.6. The predicted octanol–water partition coefficient (Wildman–Crippen LogP) is 2.50. The fraction of sp³-hybridized carbons (Fsp3) is 0.333. The molecule has 0 aliphatic carbocycles. The van der Waals surface area contributed by atoms with Crippen LogP contribution in [0.5, 0.6) is 0 Å². The Hall–Kier alpha value is -2.19. The lowest BCUT2D eigenvalue weighted by molar-refractivity contribution is -0.189. The molecule has 1 unspecified atom stereocenters. The van der Waals surface area contributed by atoms with Crippen LogP contribution >= 0.6 is 0 Å². The second-order valence-electron chi connectivity index (χ2n) is 4.00. The number of carbonyl (C=O) groups is 2. The number of carbonyl (C=O) groups excluding carboxylic acids is 1. The summed E-state index contributed by atoms with van der Waals surface area (Å²) in [6.45, 7) is 0.563. The molecule has 0 bridgehead atoms. The van der Waals surface area contributed by atoms with E-state index in [1.54, 1.807) is 0 Å². The number of halogens is 5. The minimum absolute atomic E-state index is 0.0228. The Morgan fingerprint density at radius 1 is 1.24 bits per heavy atom. The number of rotatable bonds is 4. The summed E-state index contributed by atoms with van der Waals surface area (Å²) in [6, 6.07) is -0.240. The molecule has 0 heterocycles. The Labute approximate surface area is 115 Å². The number of hydrogen-bond acceptors (Lipinski definition) is 2. The monoisotopic (exact) mass is 311 g/mol. The van der Waals surface area contributed by atoms with E-state index >= 15 is 0 Å². The molecule has 0 fully saturated rings. The number of nitrogens with zero attached hydrogens (tertiary/aromatic N) is 1. The average Bonchev–Trinajstić information content (AvgIpc) is 2.37. The molecular formula is C12H10F5NO3. The summed E-state index contributed by atoms with van der Waals surface area (Å²) in [7, 11) is 0. The number of benzene rings is 1. The fourth-order valence-electron chi connectivity index (χ4n) is 1.74. The van der Waals surface area contributed by atoms with Gasteiger partial charge in [-0.1, -0.05) is 6.07 Å². The van der Waals surface area contributed by atoms with E-state index < -0.39 is 47.8 Å². The first kappa shape index (κ1) is 16.9. The topological polar surface area (TPSA) is 57.6 Å².